The van der Waals surface area contributed by atoms with E-state index in [-0.39, 0.29) is 12.3 Å². The number of pyridine rings is 1. The summed E-state index contributed by atoms with van der Waals surface area (Å²) in [5.74, 6) is 0.0952. The Morgan fingerprint density at radius 2 is 2.00 bits per heavy atom. The van der Waals surface area contributed by atoms with Gasteiger partial charge in [0.25, 0.3) is 0 Å². The Hall–Kier alpha value is -2.09. The van der Waals surface area contributed by atoms with E-state index in [1.165, 1.54) is 0 Å². The molecule has 30 heavy (non-hydrogen) atoms. The number of imidazole rings is 1. The Kier molecular flexibility index (Phi) is 5.55. The third-order valence-corrected chi connectivity index (χ3v) is 6.18. The van der Waals surface area contributed by atoms with E-state index in [0.29, 0.717) is 26.3 Å². The van der Waals surface area contributed by atoms with Gasteiger partial charge in [-0.05, 0) is 72.1 Å². The highest BCUT2D eigenvalue weighted by atomic mass is 79.9. The second-order valence-electron chi connectivity index (χ2n) is 7.40. The molecule has 1 aliphatic rings. The number of ether oxygens (including phenoxy) is 1. The van der Waals surface area contributed by atoms with Crippen molar-refractivity contribution in [2.45, 2.75) is 32.4 Å². The van der Waals surface area contributed by atoms with Crippen LogP contribution in [0.4, 0.5) is 5.82 Å². The zero-order valence-electron chi connectivity index (χ0n) is 16.5. The van der Waals surface area contributed by atoms with Gasteiger partial charge >= 0.3 is 5.97 Å². The Balaban J connectivity index is 1.97. The minimum atomic E-state index is -0.522. The van der Waals surface area contributed by atoms with Crippen molar-refractivity contribution in [3.63, 3.8) is 0 Å². The van der Waals surface area contributed by atoms with E-state index in [4.69, 9.17) is 27.9 Å². The average molecular weight is 510 g/mol. The molecular formula is C21H19BrCl2N4O2. The van der Waals surface area contributed by atoms with Gasteiger partial charge in [0.05, 0.1) is 23.9 Å². The zero-order chi connectivity index (χ0) is 21.6. The van der Waals surface area contributed by atoms with Crippen LogP contribution >= 0.6 is 39.1 Å². The number of fused-ring (bicyclic) bond motifs is 2. The molecule has 2 aromatic heterocycles. The molecule has 0 bridgehead atoms. The van der Waals surface area contributed by atoms with E-state index in [1.807, 2.05) is 22.8 Å². The van der Waals surface area contributed by atoms with Crippen LogP contribution in [0.5, 0.6) is 0 Å². The van der Waals surface area contributed by atoms with Gasteiger partial charge < -0.3 is 14.6 Å². The fourth-order valence-electron chi connectivity index (χ4n) is 3.91. The number of esters is 1. The van der Waals surface area contributed by atoms with Gasteiger partial charge in [-0.25, -0.2) is 14.8 Å². The Labute approximate surface area is 192 Å². The van der Waals surface area contributed by atoms with E-state index in [0.717, 1.165) is 11.1 Å². The average Bonchev–Trinajstić information content (AvgIpc) is 3.04. The largest absolute Gasteiger partial charge is 0.461 e. The van der Waals surface area contributed by atoms with Gasteiger partial charge in [0.15, 0.2) is 10.4 Å². The van der Waals surface area contributed by atoms with Gasteiger partial charge in [0, 0.05) is 16.2 Å². The van der Waals surface area contributed by atoms with E-state index >= 15 is 0 Å². The SMILES string of the molecule is CCOC(=O)c1nc(Br)n2c1C(Nc1cc(Cl)ccn1)c1ccc(Cl)cc1C2(C)C. The summed E-state index contributed by atoms with van der Waals surface area (Å²) >= 11 is 16.0. The van der Waals surface area contributed by atoms with E-state index in [2.05, 4.69) is 45.1 Å². The molecule has 9 heteroatoms. The van der Waals surface area contributed by atoms with Crippen LogP contribution in [0.3, 0.4) is 0 Å². The van der Waals surface area contributed by atoms with Crippen molar-refractivity contribution in [3.8, 4) is 0 Å². The fraction of sp³-hybridized carbons (Fsp3) is 0.286. The third kappa shape index (κ3) is 3.49. The molecule has 0 spiro atoms. The van der Waals surface area contributed by atoms with Crippen LogP contribution in [0, 0.1) is 0 Å². The number of rotatable bonds is 4. The van der Waals surface area contributed by atoms with Crippen molar-refractivity contribution in [2.75, 3.05) is 11.9 Å². The lowest BCUT2D eigenvalue weighted by Gasteiger charge is -2.40. The summed E-state index contributed by atoms with van der Waals surface area (Å²) in [7, 11) is 0. The van der Waals surface area contributed by atoms with Gasteiger partial charge in [-0.2, -0.15) is 0 Å². The van der Waals surface area contributed by atoms with Crippen LogP contribution in [0.15, 0.2) is 41.3 Å². The molecule has 156 valence electrons. The molecule has 3 aromatic rings. The molecule has 6 nitrogen and oxygen atoms in total. The van der Waals surface area contributed by atoms with Crippen LogP contribution in [-0.2, 0) is 10.3 Å². The van der Waals surface area contributed by atoms with Crippen molar-refractivity contribution in [1.82, 2.24) is 14.5 Å². The lowest BCUT2D eigenvalue weighted by Crippen LogP contribution is -2.39. The standard InChI is InChI=1S/C21H19BrCl2N4O2/c1-4-30-19(29)17-18-16(26-15-10-12(24)7-8-25-15)13-6-5-11(23)9-14(13)21(2,3)28(18)20(22)27-17/h5-10,16H,4H2,1-3H3,(H,25,26). The monoisotopic (exact) mass is 508 g/mol. The van der Waals surface area contributed by atoms with Gasteiger partial charge in [0.2, 0.25) is 0 Å². The minimum absolute atomic E-state index is 0.247. The van der Waals surface area contributed by atoms with Crippen molar-refractivity contribution in [3.05, 3.63) is 73.8 Å². The molecule has 0 saturated carbocycles. The van der Waals surface area contributed by atoms with E-state index in [1.54, 1.807) is 25.3 Å². The summed E-state index contributed by atoms with van der Waals surface area (Å²) < 4.78 is 7.79. The lowest BCUT2D eigenvalue weighted by molar-refractivity contribution is 0.0518. The molecule has 0 fully saturated rings. The van der Waals surface area contributed by atoms with Crippen LogP contribution < -0.4 is 5.32 Å². The van der Waals surface area contributed by atoms with Crippen molar-refractivity contribution in [2.24, 2.45) is 0 Å². The first kappa shape index (κ1) is 21.2. The Bertz CT molecular complexity index is 1150. The fourth-order valence-corrected chi connectivity index (χ4v) is 5.05. The summed E-state index contributed by atoms with van der Waals surface area (Å²) in [4.78, 5) is 21.6. The highest BCUT2D eigenvalue weighted by Gasteiger charge is 2.43. The molecule has 0 aliphatic carbocycles. The number of aromatic nitrogens is 3. The molecule has 1 unspecified atom stereocenters. The predicted molar refractivity (Wildman–Crippen MR) is 120 cm³/mol. The van der Waals surface area contributed by atoms with Crippen LogP contribution in [0.2, 0.25) is 10.0 Å². The van der Waals surface area contributed by atoms with Gasteiger partial charge in [-0.15, -0.1) is 0 Å². The van der Waals surface area contributed by atoms with Gasteiger partial charge in [-0.3, -0.25) is 0 Å². The van der Waals surface area contributed by atoms with Crippen molar-refractivity contribution >= 4 is 50.9 Å². The maximum absolute atomic E-state index is 12.8. The Morgan fingerprint density at radius 3 is 2.70 bits per heavy atom. The first-order valence-electron chi connectivity index (χ1n) is 9.37. The normalized spacial score (nSPS) is 16.5. The van der Waals surface area contributed by atoms with E-state index < -0.39 is 17.6 Å². The topological polar surface area (TPSA) is 69.0 Å². The lowest BCUT2D eigenvalue weighted by atomic mass is 9.81. The molecule has 0 amide bonds. The molecular weight excluding hydrogens is 491 g/mol. The summed E-state index contributed by atoms with van der Waals surface area (Å²) in [6.07, 6.45) is 1.62. The number of carbonyl (C=O) groups is 1. The third-order valence-electron chi connectivity index (χ3n) is 5.17. The molecule has 4 rings (SSSR count). The number of hydrogen-bond acceptors (Lipinski definition) is 5. The summed E-state index contributed by atoms with van der Waals surface area (Å²) in [5, 5.41) is 4.60. The first-order valence-corrected chi connectivity index (χ1v) is 10.9. The number of carbonyl (C=O) groups excluding carboxylic acids is 1. The maximum Gasteiger partial charge on any atom is 0.358 e. The molecule has 1 N–H and O–H groups in total. The smallest absolute Gasteiger partial charge is 0.358 e. The van der Waals surface area contributed by atoms with Gasteiger partial charge in [-0.1, -0.05) is 29.3 Å². The zero-order valence-corrected chi connectivity index (χ0v) is 19.6. The van der Waals surface area contributed by atoms with Gasteiger partial charge in [0.1, 0.15) is 5.82 Å². The molecule has 0 saturated heterocycles. The number of anilines is 1. The van der Waals surface area contributed by atoms with Crippen LogP contribution in [0.25, 0.3) is 0 Å². The summed E-state index contributed by atoms with van der Waals surface area (Å²) in [6, 6.07) is 8.75. The molecule has 0 radical (unpaired) electrons. The summed E-state index contributed by atoms with van der Waals surface area (Å²) in [6.45, 7) is 6.14. The summed E-state index contributed by atoms with van der Waals surface area (Å²) in [5.41, 5.74) is 2.39. The molecule has 1 atom stereocenters. The quantitative estimate of drug-likeness (QED) is 0.448. The molecule has 3 heterocycles. The number of benzene rings is 1. The van der Waals surface area contributed by atoms with E-state index in [9.17, 15) is 4.79 Å². The predicted octanol–water partition coefficient (Wildman–Crippen LogP) is 5.82. The molecule has 1 aliphatic heterocycles. The second-order valence-corrected chi connectivity index (χ2v) is 8.98. The number of hydrogen-bond donors (Lipinski definition) is 1. The second kappa shape index (κ2) is 7.87. The highest BCUT2D eigenvalue weighted by molar-refractivity contribution is 9.10. The number of halogens is 3. The van der Waals surface area contributed by atoms with Crippen molar-refractivity contribution in [1.29, 1.82) is 0 Å². The minimum Gasteiger partial charge on any atom is -0.461 e. The Morgan fingerprint density at radius 1 is 1.27 bits per heavy atom. The highest BCUT2D eigenvalue weighted by Crippen LogP contribution is 2.46. The first-order chi connectivity index (χ1) is 14.2. The maximum atomic E-state index is 12.8. The number of nitrogens with one attached hydrogen (secondary N) is 1. The van der Waals surface area contributed by atoms with Crippen molar-refractivity contribution < 1.29 is 9.53 Å². The number of nitrogens with zero attached hydrogens (tertiary/aromatic N) is 3. The van der Waals surface area contributed by atoms with Crippen LogP contribution in [0.1, 0.15) is 54.1 Å². The van der Waals surface area contributed by atoms with Crippen LogP contribution in [-0.4, -0.2) is 27.1 Å². The molecule has 1 aromatic carbocycles.